The van der Waals surface area contributed by atoms with Gasteiger partial charge in [0.2, 0.25) is 5.91 Å². The van der Waals surface area contributed by atoms with Crippen molar-refractivity contribution < 1.29 is 14.6 Å². The third-order valence-electron chi connectivity index (χ3n) is 5.95. The number of hydrogen-bond acceptors (Lipinski definition) is 4. The van der Waals surface area contributed by atoms with Crippen molar-refractivity contribution in [2.24, 2.45) is 11.8 Å². The van der Waals surface area contributed by atoms with Gasteiger partial charge in [0.25, 0.3) is 0 Å². The van der Waals surface area contributed by atoms with Crippen LogP contribution < -0.4 is 10.1 Å². The average Bonchev–Trinajstić information content (AvgIpc) is 2.73. The smallest absolute Gasteiger partial charge is 0.223 e. The van der Waals surface area contributed by atoms with Crippen molar-refractivity contribution in [1.29, 1.82) is 0 Å². The number of aryl methyl sites for hydroxylation is 1. The van der Waals surface area contributed by atoms with Crippen LogP contribution >= 0.6 is 0 Å². The van der Waals surface area contributed by atoms with Crippen molar-refractivity contribution in [1.82, 2.24) is 10.3 Å². The Kier molecular flexibility index (Phi) is 6.70. The Morgan fingerprint density at radius 2 is 2.28 bits per heavy atom. The fourth-order valence-electron chi connectivity index (χ4n) is 4.25. The molecule has 1 aromatic carbocycles. The van der Waals surface area contributed by atoms with E-state index >= 15 is 0 Å². The highest BCUT2D eigenvalue weighted by molar-refractivity contribution is 5.78. The monoisotopic (exact) mass is 394 g/mol. The van der Waals surface area contributed by atoms with E-state index in [1.807, 2.05) is 32.0 Å². The second-order valence-electron chi connectivity index (χ2n) is 7.82. The quantitative estimate of drug-likeness (QED) is 0.701. The molecule has 3 atom stereocenters. The van der Waals surface area contributed by atoms with Crippen LogP contribution in [0.3, 0.4) is 0 Å². The number of hydrogen-bond donors (Lipinski definition) is 2. The number of benzene rings is 1. The van der Waals surface area contributed by atoms with Crippen molar-refractivity contribution in [3.05, 3.63) is 71.1 Å². The van der Waals surface area contributed by atoms with Gasteiger partial charge in [0.1, 0.15) is 12.4 Å². The predicted octanol–water partition coefficient (Wildman–Crippen LogP) is 3.81. The minimum Gasteiger partial charge on any atom is -0.489 e. The Bertz CT molecular complexity index is 879. The number of pyridine rings is 1. The lowest BCUT2D eigenvalue weighted by molar-refractivity contribution is -0.128. The molecule has 154 valence electrons. The van der Waals surface area contributed by atoms with Crippen molar-refractivity contribution >= 4 is 5.91 Å². The highest BCUT2D eigenvalue weighted by Crippen LogP contribution is 2.43. The van der Waals surface area contributed by atoms with Gasteiger partial charge in [-0.05, 0) is 66.6 Å². The molecule has 5 heteroatoms. The zero-order valence-electron chi connectivity index (χ0n) is 17.4. The number of amides is 1. The molecule has 0 spiro atoms. The van der Waals surface area contributed by atoms with Crippen LogP contribution in [0.2, 0.25) is 0 Å². The maximum atomic E-state index is 12.8. The number of fused-ring (bicyclic) bond motifs is 1. The largest absolute Gasteiger partial charge is 0.489 e. The molecule has 0 bridgehead atoms. The minimum absolute atomic E-state index is 0.0465. The minimum atomic E-state index is -0.691. The number of carbonyl (C=O) groups excluding carboxylic acids is 1. The highest BCUT2D eigenvalue weighted by atomic mass is 16.5. The van der Waals surface area contributed by atoms with Gasteiger partial charge in [0.15, 0.2) is 0 Å². The molecule has 1 aromatic heterocycles. The molecule has 1 unspecified atom stereocenters. The Labute approximate surface area is 172 Å². The van der Waals surface area contributed by atoms with E-state index in [2.05, 4.69) is 23.8 Å². The zero-order chi connectivity index (χ0) is 21.0. The van der Waals surface area contributed by atoms with E-state index < -0.39 is 6.10 Å². The summed E-state index contributed by atoms with van der Waals surface area (Å²) in [5.74, 6) is 0.292. The topological polar surface area (TPSA) is 71.5 Å². The summed E-state index contributed by atoms with van der Waals surface area (Å²) < 4.78 is 5.80. The van der Waals surface area contributed by atoms with Crippen LogP contribution in [0.25, 0.3) is 0 Å². The summed E-state index contributed by atoms with van der Waals surface area (Å²) in [6, 6.07) is 5.82. The fraction of sp³-hybridized carbons (Fsp3) is 0.417. The molecule has 29 heavy (non-hydrogen) atoms. The second-order valence-corrected chi connectivity index (χ2v) is 7.82. The van der Waals surface area contributed by atoms with Crippen LogP contribution in [0.15, 0.2) is 43.2 Å². The van der Waals surface area contributed by atoms with Crippen LogP contribution in [0.5, 0.6) is 5.75 Å². The first-order valence-electron chi connectivity index (χ1n) is 10.1. The highest BCUT2D eigenvalue weighted by Gasteiger charge is 2.37. The van der Waals surface area contributed by atoms with Crippen molar-refractivity contribution in [2.45, 2.75) is 46.3 Å². The fourth-order valence-corrected chi connectivity index (χ4v) is 4.25. The zero-order valence-corrected chi connectivity index (χ0v) is 17.4. The van der Waals surface area contributed by atoms with Crippen LogP contribution in [0, 0.1) is 25.7 Å². The molecule has 2 N–H and O–H groups in total. The molecule has 0 saturated carbocycles. The van der Waals surface area contributed by atoms with Crippen molar-refractivity contribution in [3.8, 4) is 5.75 Å². The number of nitrogens with one attached hydrogen (secondary N) is 1. The SMILES string of the molecule is C=CCOc1cc(C)c2c(c1C)[C@H](O)C([C@H](C)C(=O)NCc1cccnc1)CC2. The van der Waals surface area contributed by atoms with E-state index in [0.29, 0.717) is 13.2 Å². The summed E-state index contributed by atoms with van der Waals surface area (Å²) in [5, 5.41) is 14.2. The van der Waals surface area contributed by atoms with Crippen LogP contribution in [-0.2, 0) is 17.8 Å². The standard InChI is InChI=1S/C24H30N2O3/c1-5-11-29-21-12-15(2)19-8-9-20(23(27)22(19)17(21)4)16(3)24(28)26-14-18-7-6-10-25-13-18/h5-7,10,12-13,16,20,23,27H,1,8-9,11,14H2,2-4H3,(H,26,28)/t16-,20?,23+/m0/s1. The number of carbonyl (C=O) groups is 1. The summed E-state index contributed by atoms with van der Waals surface area (Å²) in [6.45, 7) is 10.5. The first-order chi connectivity index (χ1) is 13.9. The van der Waals surface area contributed by atoms with Crippen LogP contribution in [0.4, 0.5) is 0 Å². The van der Waals surface area contributed by atoms with E-state index in [9.17, 15) is 9.90 Å². The molecule has 1 amide bonds. The first kappa shape index (κ1) is 21.1. The molecule has 0 fully saturated rings. The molecule has 0 aliphatic heterocycles. The van der Waals surface area contributed by atoms with E-state index in [1.165, 1.54) is 5.56 Å². The van der Waals surface area contributed by atoms with E-state index in [1.54, 1.807) is 18.5 Å². The Balaban J connectivity index is 1.77. The van der Waals surface area contributed by atoms with Gasteiger partial charge in [-0.1, -0.05) is 25.6 Å². The summed E-state index contributed by atoms with van der Waals surface area (Å²) >= 11 is 0. The molecular formula is C24H30N2O3. The first-order valence-corrected chi connectivity index (χ1v) is 10.1. The third kappa shape index (κ3) is 4.51. The summed E-state index contributed by atoms with van der Waals surface area (Å²) in [5.41, 5.74) is 5.13. The number of ether oxygens (including phenoxy) is 1. The molecule has 1 aliphatic rings. The van der Waals surface area contributed by atoms with Crippen molar-refractivity contribution in [3.63, 3.8) is 0 Å². The lowest BCUT2D eigenvalue weighted by atomic mass is 9.72. The van der Waals surface area contributed by atoms with Gasteiger partial charge in [0.05, 0.1) is 6.10 Å². The average molecular weight is 395 g/mol. The van der Waals surface area contributed by atoms with Gasteiger partial charge in [0, 0.05) is 30.8 Å². The summed E-state index contributed by atoms with van der Waals surface area (Å²) in [7, 11) is 0. The van der Waals surface area contributed by atoms with Gasteiger partial charge in [-0.3, -0.25) is 9.78 Å². The number of aliphatic hydroxyl groups excluding tert-OH is 1. The van der Waals surface area contributed by atoms with Gasteiger partial charge in [-0.15, -0.1) is 0 Å². The molecule has 1 heterocycles. The molecule has 5 nitrogen and oxygen atoms in total. The molecular weight excluding hydrogens is 364 g/mol. The Morgan fingerprint density at radius 3 is 2.97 bits per heavy atom. The van der Waals surface area contributed by atoms with Gasteiger partial charge >= 0.3 is 0 Å². The van der Waals surface area contributed by atoms with Gasteiger partial charge in [-0.25, -0.2) is 0 Å². The van der Waals surface area contributed by atoms with Gasteiger partial charge < -0.3 is 15.2 Å². The molecule has 0 saturated heterocycles. The van der Waals surface area contributed by atoms with E-state index in [-0.39, 0.29) is 17.7 Å². The number of aliphatic hydroxyl groups is 1. The second kappa shape index (κ2) is 9.23. The normalized spacial score (nSPS) is 19.2. The van der Waals surface area contributed by atoms with Crippen LogP contribution in [0.1, 0.15) is 47.3 Å². The molecule has 1 aliphatic carbocycles. The third-order valence-corrected chi connectivity index (χ3v) is 5.95. The lowest BCUT2D eigenvalue weighted by Gasteiger charge is -2.36. The Hall–Kier alpha value is -2.66. The lowest BCUT2D eigenvalue weighted by Crippen LogP contribution is -2.37. The maximum Gasteiger partial charge on any atom is 0.223 e. The van der Waals surface area contributed by atoms with Crippen LogP contribution in [-0.4, -0.2) is 22.6 Å². The number of rotatable bonds is 7. The molecule has 3 rings (SSSR count). The maximum absolute atomic E-state index is 12.8. The Morgan fingerprint density at radius 1 is 1.48 bits per heavy atom. The molecule has 0 radical (unpaired) electrons. The molecule has 2 aromatic rings. The van der Waals surface area contributed by atoms with E-state index in [0.717, 1.165) is 40.8 Å². The number of nitrogens with zero attached hydrogens (tertiary/aromatic N) is 1. The van der Waals surface area contributed by atoms with Gasteiger partial charge in [-0.2, -0.15) is 0 Å². The number of aromatic nitrogens is 1. The summed E-state index contributed by atoms with van der Waals surface area (Å²) in [4.78, 5) is 16.8. The predicted molar refractivity (Wildman–Crippen MR) is 114 cm³/mol. The summed E-state index contributed by atoms with van der Waals surface area (Å²) in [6.07, 6.45) is 6.11. The van der Waals surface area contributed by atoms with E-state index in [4.69, 9.17) is 4.74 Å². The van der Waals surface area contributed by atoms with Crippen molar-refractivity contribution in [2.75, 3.05) is 6.61 Å².